The van der Waals surface area contributed by atoms with Gasteiger partial charge in [-0.05, 0) is 75.6 Å². The summed E-state index contributed by atoms with van der Waals surface area (Å²) in [5, 5.41) is 4.10. The second-order valence-corrected chi connectivity index (χ2v) is 14.2. The molecule has 4 rings (SSSR count). The predicted octanol–water partition coefficient (Wildman–Crippen LogP) is 6.85. The van der Waals surface area contributed by atoms with Crippen LogP contribution in [-0.2, 0) is 11.2 Å². The van der Waals surface area contributed by atoms with Crippen LogP contribution in [0, 0.1) is 0 Å². The molecule has 0 atom stereocenters. The number of nitrogens with zero attached hydrogens (tertiary/aromatic N) is 1. The zero-order valence-electron chi connectivity index (χ0n) is 22.8. The van der Waals surface area contributed by atoms with E-state index in [0.717, 1.165) is 19.0 Å². The molecule has 196 valence electrons. The number of carbonyl (C=O) groups excluding carboxylic acids is 1. The van der Waals surface area contributed by atoms with E-state index >= 15 is 0 Å². The Morgan fingerprint density at radius 1 is 0.658 bits per heavy atom. The molecule has 0 N–H and O–H groups in total. The number of benzene rings is 4. The Morgan fingerprint density at radius 3 is 1.50 bits per heavy atom. The van der Waals surface area contributed by atoms with Gasteiger partial charge in [0, 0.05) is 13.1 Å². The SMILES string of the molecule is CC(C)(C)OC(=O)N(CCC[P+](c1ccccc1)(c1ccccc1)c1ccccc1)CCc1ccccc1. The van der Waals surface area contributed by atoms with Gasteiger partial charge < -0.3 is 9.64 Å². The van der Waals surface area contributed by atoms with Crippen LogP contribution in [-0.4, -0.2) is 35.8 Å². The summed E-state index contributed by atoms with van der Waals surface area (Å²) in [4.78, 5) is 15.2. The van der Waals surface area contributed by atoms with Crippen molar-refractivity contribution in [1.82, 2.24) is 4.90 Å². The highest BCUT2D eigenvalue weighted by Crippen LogP contribution is 2.55. The van der Waals surface area contributed by atoms with Crippen molar-refractivity contribution in [2.24, 2.45) is 0 Å². The number of ether oxygens (including phenoxy) is 1. The fourth-order valence-corrected chi connectivity index (χ4v) is 9.24. The maximum Gasteiger partial charge on any atom is 0.410 e. The van der Waals surface area contributed by atoms with E-state index < -0.39 is 12.9 Å². The molecule has 4 aromatic rings. The lowest BCUT2D eigenvalue weighted by Crippen LogP contribution is -2.40. The highest BCUT2D eigenvalue weighted by atomic mass is 31.2. The van der Waals surface area contributed by atoms with Gasteiger partial charge in [-0.15, -0.1) is 0 Å². The summed E-state index contributed by atoms with van der Waals surface area (Å²) < 4.78 is 5.82. The normalized spacial score (nSPS) is 11.7. The molecular weight excluding hydrogens is 485 g/mol. The van der Waals surface area contributed by atoms with Crippen molar-refractivity contribution in [2.45, 2.75) is 39.2 Å². The van der Waals surface area contributed by atoms with Crippen LogP contribution >= 0.6 is 7.26 Å². The molecule has 0 radical (unpaired) electrons. The quantitative estimate of drug-likeness (QED) is 0.212. The third-order valence-corrected chi connectivity index (χ3v) is 11.2. The monoisotopic (exact) mass is 524 g/mol. The molecular formula is C34H39NO2P+. The Morgan fingerprint density at radius 2 is 1.08 bits per heavy atom. The predicted molar refractivity (Wildman–Crippen MR) is 163 cm³/mol. The minimum absolute atomic E-state index is 0.239. The average Bonchev–Trinajstić information content (AvgIpc) is 2.94. The van der Waals surface area contributed by atoms with Crippen LogP contribution in [0.25, 0.3) is 0 Å². The number of hydrogen-bond donors (Lipinski definition) is 0. The molecule has 0 fully saturated rings. The van der Waals surface area contributed by atoms with Crippen LogP contribution in [0.15, 0.2) is 121 Å². The van der Waals surface area contributed by atoms with E-state index in [9.17, 15) is 4.79 Å². The second kappa shape index (κ2) is 12.9. The molecule has 0 bridgehead atoms. The molecule has 4 aromatic carbocycles. The topological polar surface area (TPSA) is 29.5 Å². The first kappa shape index (κ1) is 27.6. The first-order valence-corrected chi connectivity index (χ1v) is 15.4. The van der Waals surface area contributed by atoms with E-state index in [1.807, 2.05) is 43.9 Å². The summed E-state index contributed by atoms with van der Waals surface area (Å²) >= 11 is 0. The fraction of sp³-hybridized carbons (Fsp3) is 0.265. The van der Waals surface area contributed by atoms with E-state index in [4.69, 9.17) is 4.74 Å². The van der Waals surface area contributed by atoms with Gasteiger partial charge in [0.05, 0.1) is 6.16 Å². The third-order valence-electron chi connectivity index (χ3n) is 6.68. The first-order chi connectivity index (χ1) is 18.4. The van der Waals surface area contributed by atoms with E-state index in [1.54, 1.807) is 0 Å². The van der Waals surface area contributed by atoms with Crippen LogP contribution in [0.4, 0.5) is 4.79 Å². The van der Waals surface area contributed by atoms with Crippen LogP contribution in [0.2, 0.25) is 0 Å². The largest absolute Gasteiger partial charge is 0.444 e. The summed E-state index contributed by atoms with van der Waals surface area (Å²) in [7, 11) is -1.94. The molecule has 0 saturated carbocycles. The van der Waals surface area contributed by atoms with Crippen molar-refractivity contribution in [3.05, 3.63) is 127 Å². The molecule has 0 aromatic heterocycles. The Labute approximate surface area is 228 Å². The zero-order valence-corrected chi connectivity index (χ0v) is 23.7. The summed E-state index contributed by atoms with van der Waals surface area (Å²) in [5.41, 5.74) is 0.692. The molecule has 0 aliphatic heterocycles. The van der Waals surface area contributed by atoms with Crippen molar-refractivity contribution in [2.75, 3.05) is 19.3 Å². The molecule has 0 heterocycles. The Bertz CT molecular complexity index is 1160. The average molecular weight is 525 g/mol. The van der Waals surface area contributed by atoms with Gasteiger partial charge in [0.1, 0.15) is 28.8 Å². The maximum atomic E-state index is 13.3. The van der Waals surface area contributed by atoms with Crippen molar-refractivity contribution in [1.29, 1.82) is 0 Å². The molecule has 0 unspecified atom stereocenters. The number of amides is 1. The molecule has 1 amide bonds. The van der Waals surface area contributed by atoms with Crippen molar-refractivity contribution in [3.8, 4) is 0 Å². The third kappa shape index (κ3) is 7.11. The Balaban J connectivity index is 1.63. The molecule has 38 heavy (non-hydrogen) atoms. The van der Waals surface area contributed by atoms with Gasteiger partial charge in [-0.1, -0.05) is 84.9 Å². The molecule has 4 heteroatoms. The molecule has 3 nitrogen and oxygen atoms in total. The summed E-state index contributed by atoms with van der Waals surface area (Å²) in [6.07, 6.45) is 2.41. The first-order valence-electron chi connectivity index (χ1n) is 13.5. The molecule has 0 aliphatic carbocycles. The minimum Gasteiger partial charge on any atom is -0.444 e. The number of hydrogen-bond acceptors (Lipinski definition) is 2. The standard InChI is InChI=1S/C34H39NO2P/c1-34(2,3)37-33(36)35(27-25-29-17-8-4-9-18-29)26-16-28-38(30-19-10-5-11-20-30,31-21-12-6-13-22-31)32-23-14-7-15-24-32/h4-15,17-24H,16,25-28H2,1-3H3/q+1. The fourth-order valence-electron chi connectivity index (χ4n) is 4.91. The van der Waals surface area contributed by atoms with Crippen LogP contribution in [0.3, 0.4) is 0 Å². The second-order valence-electron chi connectivity index (χ2n) is 10.6. The number of carbonyl (C=O) groups is 1. The highest BCUT2D eigenvalue weighted by Gasteiger charge is 2.44. The maximum absolute atomic E-state index is 13.3. The lowest BCUT2D eigenvalue weighted by Gasteiger charge is -2.30. The van der Waals surface area contributed by atoms with Gasteiger partial charge in [0.15, 0.2) is 0 Å². The van der Waals surface area contributed by atoms with Gasteiger partial charge in [-0.3, -0.25) is 0 Å². The van der Waals surface area contributed by atoms with Gasteiger partial charge >= 0.3 is 6.09 Å². The van der Waals surface area contributed by atoms with Crippen molar-refractivity contribution >= 4 is 29.3 Å². The molecule has 0 aliphatic rings. The van der Waals surface area contributed by atoms with Gasteiger partial charge in [-0.2, -0.15) is 0 Å². The Hall–Kier alpha value is -3.42. The van der Waals surface area contributed by atoms with Gasteiger partial charge in [-0.25, -0.2) is 4.79 Å². The zero-order chi connectivity index (χ0) is 26.8. The molecule has 0 spiro atoms. The number of rotatable bonds is 10. The van der Waals surface area contributed by atoms with Crippen molar-refractivity contribution < 1.29 is 9.53 Å². The highest BCUT2D eigenvalue weighted by molar-refractivity contribution is 7.95. The van der Waals surface area contributed by atoms with Crippen molar-refractivity contribution in [3.63, 3.8) is 0 Å². The van der Waals surface area contributed by atoms with E-state index in [2.05, 4.69) is 103 Å². The van der Waals surface area contributed by atoms with E-state index in [-0.39, 0.29) is 6.09 Å². The lowest BCUT2D eigenvalue weighted by molar-refractivity contribution is 0.0252. The summed E-state index contributed by atoms with van der Waals surface area (Å²) in [5.74, 6) is 0. The lowest BCUT2D eigenvalue weighted by atomic mass is 10.1. The smallest absolute Gasteiger partial charge is 0.410 e. The Kier molecular flexibility index (Phi) is 9.37. The molecule has 0 saturated heterocycles. The van der Waals surface area contributed by atoms with Gasteiger partial charge in [0.2, 0.25) is 0 Å². The minimum atomic E-state index is -1.94. The summed E-state index contributed by atoms with van der Waals surface area (Å²) in [6.45, 7) is 7.06. The van der Waals surface area contributed by atoms with Crippen LogP contribution in [0.1, 0.15) is 32.8 Å². The van der Waals surface area contributed by atoms with Crippen LogP contribution < -0.4 is 15.9 Å². The van der Waals surface area contributed by atoms with Crippen LogP contribution in [0.5, 0.6) is 0 Å². The van der Waals surface area contributed by atoms with E-state index in [0.29, 0.717) is 13.1 Å². The summed E-state index contributed by atoms with van der Waals surface area (Å²) in [6, 6.07) is 43.1. The van der Waals surface area contributed by atoms with E-state index in [1.165, 1.54) is 21.5 Å². The van der Waals surface area contributed by atoms with Gasteiger partial charge in [0.25, 0.3) is 0 Å².